The van der Waals surface area contributed by atoms with Crippen molar-refractivity contribution in [2.45, 2.75) is 0 Å². The molecule has 2 amide bonds. The highest BCUT2D eigenvalue weighted by atomic mass is 19.1. The number of amides is 2. The fourth-order valence-electron chi connectivity index (χ4n) is 2.04. The zero-order chi connectivity index (χ0) is 17.6. The van der Waals surface area contributed by atoms with E-state index in [1.54, 1.807) is 18.2 Å². The van der Waals surface area contributed by atoms with Gasteiger partial charge < -0.3 is 4.74 Å². The predicted molar refractivity (Wildman–Crippen MR) is 87.7 cm³/mol. The van der Waals surface area contributed by atoms with Crippen molar-refractivity contribution < 1.29 is 18.7 Å². The number of carbonyl (C=O) groups is 2. The maximum atomic E-state index is 12.8. The summed E-state index contributed by atoms with van der Waals surface area (Å²) in [5, 5.41) is 4.95. The van der Waals surface area contributed by atoms with Gasteiger partial charge in [-0.05, 0) is 36.4 Å². The second-order valence-corrected chi connectivity index (χ2v) is 5.03. The number of benzene rings is 2. The Labute approximate surface area is 141 Å². The smallest absolute Gasteiger partial charge is 0.287 e. The molecule has 1 heterocycles. The zero-order valence-electron chi connectivity index (χ0n) is 12.9. The van der Waals surface area contributed by atoms with Crippen molar-refractivity contribution in [2.24, 2.45) is 10.1 Å². The van der Waals surface area contributed by atoms with Gasteiger partial charge in [-0.1, -0.05) is 18.2 Å². The molecule has 1 aliphatic heterocycles. The maximum absolute atomic E-state index is 12.8. The lowest BCUT2D eigenvalue weighted by Crippen LogP contribution is -2.30. The topological polar surface area (TPSA) is 80.1 Å². The van der Waals surface area contributed by atoms with Crippen molar-refractivity contribution in [3.63, 3.8) is 0 Å². The van der Waals surface area contributed by atoms with E-state index >= 15 is 0 Å². The molecule has 2 aromatic rings. The van der Waals surface area contributed by atoms with Gasteiger partial charge in [-0.3, -0.25) is 9.59 Å². The molecule has 0 saturated heterocycles. The number of rotatable bonds is 4. The highest BCUT2D eigenvalue weighted by Crippen LogP contribution is 2.10. The third-order valence-corrected chi connectivity index (χ3v) is 3.23. The molecule has 0 saturated carbocycles. The molecule has 0 unspecified atom stereocenters. The van der Waals surface area contributed by atoms with E-state index in [0.717, 1.165) is 5.22 Å². The third-order valence-electron chi connectivity index (χ3n) is 3.23. The van der Waals surface area contributed by atoms with Gasteiger partial charge in [0.2, 0.25) is 0 Å². The van der Waals surface area contributed by atoms with E-state index in [1.807, 2.05) is 12.1 Å². The van der Waals surface area contributed by atoms with Crippen LogP contribution in [-0.4, -0.2) is 24.3 Å². The van der Waals surface area contributed by atoms with E-state index in [-0.39, 0.29) is 12.2 Å². The highest BCUT2D eigenvalue weighted by molar-refractivity contribution is 6.10. The van der Waals surface area contributed by atoms with Crippen LogP contribution in [-0.2, 0) is 9.59 Å². The minimum Gasteiger partial charge on any atom is -0.484 e. The summed E-state index contributed by atoms with van der Waals surface area (Å²) in [4.78, 5) is 27.4. The zero-order valence-corrected chi connectivity index (χ0v) is 12.9. The maximum Gasteiger partial charge on any atom is 0.287 e. The normalized spacial score (nSPS) is 12.2. The van der Waals surface area contributed by atoms with Gasteiger partial charge in [0.1, 0.15) is 17.1 Å². The number of nitrogens with one attached hydrogen (secondary N) is 1. The molecule has 0 aliphatic carbocycles. The van der Waals surface area contributed by atoms with E-state index < -0.39 is 17.6 Å². The number of hydrogen-bond acceptors (Lipinski definition) is 4. The lowest BCUT2D eigenvalue weighted by molar-refractivity contribution is -0.123. The third kappa shape index (κ3) is 4.25. The van der Waals surface area contributed by atoms with E-state index in [9.17, 15) is 14.0 Å². The average molecular weight is 337 g/mol. The van der Waals surface area contributed by atoms with Gasteiger partial charge in [0.25, 0.3) is 11.8 Å². The number of carbonyl (C=O) groups excluding carboxylic acids is 2. The number of fused-ring (bicyclic) bond motifs is 1. The Morgan fingerprint density at radius 2 is 1.96 bits per heavy atom. The number of hydrogen-bond donors (Lipinski definition) is 1. The standard InChI is InChI=1S/C18H12FN3O3/c19-14-5-7-15(8-6-14)25-11-17(23)22-20-10-13-9-12-3-1-2-4-16(12)21-18(13)24/h1-9H,11H2,(H,22,23). The predicted octanol–water partition coefficient (Wildman–Crippen LogP) is 0.472. The molecule has 7 heteroatoms. The largest absolute Gasteiger partial charge is 0.484 e. The monoisotopic (exact) mass is 337 g/mol. The summed E-state index contributed by atoms with van der Waals surface area (Å²) in [6.07, 6.45) is 1.59. The summed E-state index contributed by atoms with van der Waals surface area (Å²) >= 11 is 0. The lowest BCUT2D eigenvalue weighted by Gasteiger charge is -2.04. The SMILES string of the molecule is O=C(COc1ccc(F)cc1)NN=C=C1C=c2ccccc2=NC1=O. The van der Waals surface area contributed by atoms with Gasteiger partial charge in [0.15, 0.2) is 6.61 Å². The Morgan fingerprint density at radius 3 is 2.76 bits per heavy atom. The van der Waals surface area contributed by atoms with Gasteiger partial charge >= 0.3 is 0 Å². The molecular weight excluding hydrogens is 325 g/mol. The first-order valence-electron chi connectivity index (χ1n) is 7.31. The van der Waals surface area contributed by atoms with Crippen LogP contribution in [0.15, 0.2) is 64.2 Å². The molecule has 0 spiro atoms. The minimum atomic E-state index is -0.543. The first-order valence-corrected chi connectivity index (χ1v) is 7.31. The van der Waals surface area contributed by atoms with Gasteiger partial charge in [0, 0.05) is 11.1 Å². The fourth-order valence-corrected chi connectivity index (χ4v) is 2.04. The summed E-state index contributed by atoms with van der Waals surface area (Å²) in [5.74, 6) is 1.38. The Bertz CT molecular complexity index is 1010. The van der Waals surface area contributed by atoms with Gasteiger partial charge in [-0.25, -0.2) is 14.8 Å². The second kappa shape index (κ2) is 7.33. The summed E-state index contributed by atoms with van der Waals surface area (Å²) < 4.78 is 17.9. The summed E-state index contributed by atoms with van der Waals surface area (Å²) in [7, 11) is 0. The molecule has 124 valence electrons. The van der Waals surface area contributed by atoms with Crippen LogP contribution in [0, 0.1) is 5.82 Å². The number of halogens is 1. The van der Waals surface area contributed by atoms with E-state index in [2.05, 4.69) is 21.4 Å². The fraction of sp³-hybridized carbons (Fsp3) is 0.0556. The number of nitrogens with zero attached hydrogens (tertiary/aromatic N) is 2. The molecule has 0 radical (unpaired) electrons. The molecular formula is C18H12FN3O3. The summed E-state index contributed by atoms with van der Waals surface area (Å²) in [5.41, 5.74) is 2.33. The van der Waals surface area contributed by atoms with Gasteiger partial charge in [-0.15, -0.1) is 5.10 Å². The van der Waals surface area contributed by atoms with E-state index in [0.29, 0.717) is 11.1 Å². The number of ether oxygens (including phenoxy) is 1. The number of hydrazone groups is 1. The molecule has 6 nitrogen and oxygen atoms in total. The number of para-hydroxylation sites is 1. The summed E-state index contributed by atoms with van der Waals surface area (Å²) in [6, 6.07) is 12.4. The van der Waals surface area contributed by atoms with E-state index in [1.165, 1.54) is 24.3 Å². The molecule has 2 aromatic carbocycles. The molecule has 0 fully saturated rings. The molecule has 0 bridgehead atoms. The molecule has 1 aliphatic rings. The van der Waals surface area contributed by atoms with Crippen molar-refractivity contribution >= 4 is 23.8 Å². The molecule has 0 atom stereocenters. The Hall–Kier alpha value is -3.57. The van der Waals surface area contributed by atoms with Crippen molar-refractivity contribution in [2.75, 3.05) is 6.61 Å². The molecule has 25 heavy (non-hydrogen) atoms. The van der Waals surface area contributed by atoms with Crippen molar-refractivity contribution in [3.8, 4) is 5.75 Å². The van der Waals surface area contributed by atoms with Crippen molar-refractivity contribution in [1.82, 2.24) is 5.43 Å². The van der Waals surface area contributed by atoms with Crippen LogP contribution >= 0.6 is 0 Å². The van der Waals surface area contributed by atoms with Crippen LogP contribution in [0.3, 0.4) is 0 Å². The summed E-state index contributed by atoms with van der Waals surface area (Å²) in [6.45, 7) is -0.309. The van der Waals surface area contributed by atoms with Crippen molar-refractivity contribution in [1.29, 1.82) is 0 Å². The Morgan fingerprint density at radius 1 is 1.20 bits per heavy atom. The van der Waals surface area contributed by atoms with Crippen LogP contribution in [0.1, 0.15) is 0 Å². The first kappa shape index (κ1) is 16.3. The molecule has 1 N–H and O–H groups in total. The quantitative estimate of drug-likeness (QED) is 0.500. The average Bonchev–Trinajstić information content (AvgIpc) is 2.61. The van der Waals surface area contributed by atoms with Crippen LogP contribution in [0.4, 0.5) is 4.39 Å². The van der Waals surface area contributed by atoms with E-state index in [4.69, 9.17) is 4.74 Å². The van der Waals surface area contributed by atoms with Gasteiger partial charge in [0.05, 0.1) is 5.36 Å². The van der Waals surface area contributed by atoms with Crippen molar-refractivity contribution in [3.05, 3.63) is 70.5 Å². The Balaban J connectivity index is 1.63. The molecule has 3 rings (SSSR count). The van der Waals surface area contributed by atoms with Crippen LogP contribution in [0.5, 0.6) is 5.75 Å². The first-order chi connectivity index (χ1) is 12.1. The minimum absolute atomic E-state index is 0.137. The second-order valence-electron chi connectivity index (χ2n) is 5.03. The Kier molecular flexibility index (Phi) is 4.78. The van der Waals surface area contributed by atoms with Crippen LogP contribution in [0.25, 0.3) is 6.08 Å². The van der Waals surface area contributed by atoms with Gasteiger partial charge in [-0.2, -0.15) is 0 Å². The lowest BCUT2D eigenvalue weighted by atomic mass is 10.1. The molecule has 0 aromatic heterocycles. The van der Waals surface area contributed by atoms with Crippen LogP contribution < -0.4 is 20.7 Å². The highest BCUT2D eigenvalue weighted by Gasteiger charge is 2.09. The van der Waals surface area contributed by atoms with Crippen LogP contribution in [0.2, 0.25) is 0 Å².